The Hall–Kier alpha value is -1.92. The Morgan fingerprint density at radius 2 is 2.33 bits per heavy atom. The van der Waals surface area contributed by atoms with E-state index < -0.39 is 16.9 Å². The van der Waals surface area contributed by atoms with Crippen LogP contribution < -0.4 is 0 Å². The highest BCUT2D eigenvalue weighted by atomic mass is 16.6. The number of esters is 1. The SMILES string of the molecule is COC(=O)C(C)n1cc([N+](=O)[O-])c(C)n1. The van der Waals surface area contributed by atoms with Crippen molar-refractivity contribution in [2.24, 2.45) is 0 Å². The molecule has 0 aliphatic carbocycles. The fourth-order valence-corrected chi connectivity index (χ4v) is 1.13. The van der Waals surface area contributed by atoms with Crippen molar-refractivity contribution in [3.63, 3.8) is 0 Å². The van der Waals surface area contributed by atoms with E-state index >= 15 is 0 Å². The van der Waals surface area contributed by atoms with Crippen LogP contribution in [-0.4, -0.2) is 27.8 Å². The normalized spacial score (nSPS) is 12.2. The van der Waals surface area contributed by atoms with Gasteiger partial charge < -0.3 is 4.74 Å². The minimum absolute atomic E-state index is 0.106. The summed E-state index contributed by atoms with van der Waals surface area (Å²) in [4.78, 5) is 21.1. The zero-order chi connectivity index (χ0) is 11.6. The zero-order valence-corrected chi connectivity index (χ0v) is 8.63. The van der Waals surface area contributed by atoms with E-state index in [4.69, 9.17) is 0 Å². The molecule has 7 nitrogen and oxygen atoms in total. The van der Waals surface area contributed by atoms with Crippen molar-refractivity contribution < 1.29 is 14.5 Å². The first kappa shape index (κ1) is 11.2. The highest BCUT2D eigenvalue weighted by Crippen LogP contribution is 2.18. The number of methoxy groups -OCH3 is 1. The summed E-state index contributed by atoms with van der Waals surface area (Å²) < 4.78 is 5.73. The van der Waals surface area contributed by atoms with E-state index in [1.165, 1.54) is 24.9 Å². The molecule has 0 bridgehead atoms. The highest BCUT2D eigenvalue weighted by molar-refractivity contribution is 5.73. The Morgan fingerprint density at radius 1 is 1.73 bits per heavy atom. The van der Waals surface area contributed by atoms with E-state index in [1.807, 2.05) is 0 Å². The predicted octanol–water partition coefficient (Wildman–Crippen LogP) is 0.834. The molecule has 1 rings (SSSR count). The van der Waals surface area contributed by atoms with Crippen molar-refractivity contribution >= 4 is 11.7 Å². The molecule has 0 amide bonds. The summed E-state index contributed by atoms with van der Waals surface area (Å²) in [5, 5.41) is 14.4. The number of hydrogen-bond donors (Lipinski definition) is 0. The van der Waals surface area contributed by atoms with Gasteiger partial charge >= 0.3 is 11.7 Å². The third kappa shape index (κ3) is 2.12. The summed E-state index contributed by atoms with van der Waals surface area (Å²) in [6.45, 7) is 3.07. The molecule has 15 heavy (non-hydrogen) atoms. The van der Waals surface area contributed by atoms with Gasteiger partial charge in [0.15, 0.2) is 0 Å². The topological polar surface area (TPSA) is 87.3 Å². The Labute approximate surface area is 85.8 Å². The molecular formula is C8H11N3O4. The molecule has 1 unspecified atom stereocenters. The molecule has 7 heteroatoms. The maximum atomic E-state index is 11.1. The van der Waals surface area contributed by atoms with E-state index in [-0.39, 0.29) is 11.4 Å². The van der Waals surface area contributed by atoms with E-state index in [1.54, 1.807) is 6.92 Å². The number of ether oxygens (including phenoxy) is 1. The molecule has 82 valence electrons. The lowest BCUT2D eigenvalue weighted by Crippen LogP contribution is -2.18. The molecule has 1 aromatic rings. The summed E-state index contributed by atoms with van der Waals surface area (Å²) in [6, 6.07) is -0.664. The van der Waals surface area contributed by atoms with E-state index in [2.05, 4.69) is 9.84 Å². The molecule has 1 atom stereocenters. The molecule has 1 heterocycles. The molecule has 0 aromatic carbocycles. The maximum absolute atomic E-state index is 11.1. The fourth-order valence-electron chi connectivity index (χ4n) is 1.13. The first-order valence-electron chi connectivity index (χ1n) is 4.25. The Balaban J connectivity index is 3.02. The van der Waals surface area contributed by atoms with Gasteiger partial charge in [0.1, 0.15) is 17.9 Å². The lowest BCUT2D eigenvalue weighted by atomic mass is 10.3. The lowest BCUT2D eigenvalue weighted by Gasteiger charge is -2.07. The van der Waals surface area contributed by atoms with Crippen LogP contribution >= 0.6 is 0 Å². The number of nitro groups is 1. The molecule has 0 saturated carbocycles. The number of nitrogens with zero attached hydrogens (tertiary/aromatic N) is 3. The molecule has 0 aliphatic heterocycles. The Kier molecular flexibility index (Phi) is 3.03. The zero-order valence-electron chi connectivity index (χ0n) is 8.63. The Bertz CT molecular complexity index is 399. The van der Waals surface area contributed by atoms with Crippen molar-refractivity contribution in [2.45, 2.75) is 19.9 Å². The summed E-state index contributed by atoms with van der Waals surface area (Å²) in [5.74, 6) is -0.493. The van der Waals surface area contributed by atoms with Gasteiger partial charge in [-0.3, -0.25) is 14.8 Å². The Morgan fingerprint density at radius 3 is 2.73 bits per heavy atom. The van der Waals surface area contributed by atoms with Crippen LogP contribution in [0.5, 0.6) is 0 Å². The second kappa shape index (κ2) is 4.07. The molecule has 0 spiro atoms. The van der Waals surface area contributed by atoms with E-state index in [0.29, 0.717) is 0 Å². The lowest BCUT2D eigenvalue weighted by molar-refractivity contribution is -0.385. The average molecular weight is 213 g/mol. The smallest absolute Gasteiger partial charge is 0.330 e. The second-order valence-electron chi connectivity index (χ2n) is 3.04. The quantitative estimate of drug-likeness (QED) is 0.421. The molecule has 1 aromatic heterocycles. The molecule has 0 N–H and O–H groups in total. The van der Waals surface area contributed by atoms with Gasteiger partial charge in [-0.15, -0.1) is 0 Å². The monoisotopic (exact) mass is 213 g/mol. The van der Waals surface area contributed by atoms with E-state index in [9.17, 15) is 14.9 Å². The average Bonchev–Trinajstić information content (AvgIpc) is 2.58. The van der Waals surface area contributed by atoms with Crippen molar-refractivity contribution in [1.29, 1.82) is 0 Å². The van der Waals surface area contributed by atoms with Gasteiger partial charge in [0.2, 0.25) is 0 Å². The van der Waals surface area contributed by atoms with Crippen molar-refractivity contribution in [3.8, 4) is 0 Å². The molecule has 0 radical (unpaired) electrons. The molecule has 0 aliphatic rings. The van der Waals surface area contributed by atoms with Crippen molar-refractivity contribution in [1.82, 2.24) is 9.78 Å². The second-order valence-corrected chi connectivity index (χ2v) is 3.04. The summed E-state index contributed by atoms with van der Waals surface area (Å²) in [7, 11) is 1.25. The van der Waals surface area contributed by atoms with Crippen LogP contribution in [0.4, 0.5) is 5.69 Å². The summed E-state index contributed by atoms with van der Waals surface area (Å²) in [6.07, 6.45) is 1.22. The third-order valence-corrected chi connectivity index (χ3v) is 2.03. The highest BCUT2D eigenvalue weighted by Gasteiger charge is 2.22. The van der Waals surface area contributed by atoms with Gasteiger partial charge in [-0.2, -0.15) is 5.10 Å². The summed E-state index contributed by atoms with van der Waals surface area (Å²) >= 11 is 0. The summed E-state index contributed by atoms with van der Waals surface area (Å²) in [5.41, 5.74) is 0.168. The van der Waals surface area contributed by atoms with Crippen LogP contribution in [0.1, 0.15) is 18.7 Å². The van der Waals surface area contributed by atoms with Gasteiger partial charge in [0.25, 0.3) is 0 Å². The van der Waals surface area contributed by atoms with Crippen LogP contribution in [0.15, 0.2) is 6.20 Å². The van der Waals surface area contributed by atoms with Crippen LogP contribution in [0.25, 0.3) is 0 Å². The fraction of sp³-hybridized carbons (Fsp3) is 0.500. The van der Waals surface area contributed by atoms with Crippen LogP contribution in [0.3, 0.4) is 0 Å². The number of carbonyl (C=O) groups is 1. The molecule has 0 fully saturated rings. The van der Waals surface area contributed by atoms with Gasteiger partial charge in [0.05, 0.1) is 12.0 Å². The van der Waals surface area contributed by atoms with Gasteiger partial charge in [-0.1, -0.05) is 0 Å². The largest absolute Gasteiger partial charge is 0.467 e. The number of aryl methyl sites for hydroxylation is 1. The molecule has 0 saturated heterocycles. The maximum Gasteiger partial charge on any atom is 0.330 e. The van der Waals surface area contributed by atoms with Gasteiger partial charge in [-0.25, -0.2) is 4.79 Å². The molecular weight excluding hydrogens is 202 g/mol. The van der Waals surface area contributed by atoms with Crippen LogP contribution in [-0.2, 0) is 9.53 Å². The third-order valence-electron chi connectivity index (χ3n) is 2.03. The number of hydrogen-bond acceptors (Lipinski definition) is 5. The first-order chi connectivity index (χ1) is 6.97. The van der Waals surface area contributed by atoms with Gasteiger partial charge in [0, 0.05) is 0 Å². The standard InChI is InChI=1S/C8H11N3O4/c1-5-7(11(13)14)4-10(9-5)6(2)8(12)15-3/h4,6H,1-3H3. The van der Waals surface area contributed by atoms with Crippen LogP contribution in [0.2, 0.25) is 0 Å². The number of carbonyl (C=O) groups excluding carboxylic acids is 1. The minimum Gasteiger partial charge on any atom is -0.467 e. The van der Waals surface area contributed by atoms with Crippen molar-refractivity contribution in [2.75, 3.05) is 7.11 Å². The van der Waals surface area contributed by atoms with Gasteiger partial charge in [-0.05, 0) is 13.8 Å². The minimum atomic E-state index is -0.664. The van der Waals surface area contributed by atoms with Crippen molar-refractivity contribution in [3.05, 3.63) is 22.0 Å². The predicted molar refractivity (Wildman–Crippen MR) is 50.3 cm³/mol. The first-order valence-corrected chi connectivity index (χ1v) is 4.25. The van der Waals surface area contributed by atoms with Crippen LogP contribution in [0, 0.1) is 17.0 Å². The number of aromatic nitrogens is 2. The van der Waals surface area contributed by atoms with E-state index in [0.717, 1.165) is 0 Å². The number of rotatable bonds is 3.